The van der Waals surface area contributed by atoms with E-state index in [0.29, 0.717) is 17.9 Å². The van der Waals surface area contributed by atoms with E-state index >= 15 is 0 Å². The number of nitrogens with one attached hydrogen (secondary N) is 1. The van der Waals surface area contributed by atoms with E-state index in [1.807, 2.05) is 30.3 Å². The number of nitrogens with two attached hydrogens (primary N) is 1. The molecule has 0 aliphatic heterocycles. The molecule has 2 aromatic rings. The van der Waals surface area contributed by atoms with Gasteiger partial charge in [0.25, 0.3) is 0 Å². The van der Waals surface area contributed by atoms with Gasteiger partial charge in [0, 0.05) is 16.0 Å². The number of rotatable bonds is 12. The molecule has 6 heteroatoms. The quantitative estimate of drug-likeness (QED) is 0.166. The topological polar surface area (TPSA) is 85.4 Å². The Morgan fingerprint density at radius 3 is 2.45 bits per heavy atom. The number of hydrogen-bond donors (Lipinski definition) is 2. The average molecular weight is 415 g/mol. The first-order valence-corrected chi connectivity index (χ1v) is 10.9. The smallest absolute Gasteiger partial charge is 0.163 e. The number of nitrogen functional groups attached to an aromatic ring is 1. The lowest BCUT2D eigenvalue weighted by atomic mass is 10.0. The van der Waals surface area contributed by atoms with E-state index in [0.717, 1.165) is 48.3 Å². The second kappa shape index (κ2) is 11.5. The molecule has 0 aliphatic carbocycles. The maximum absolute atomic E-state index is 11.9. The van der Waals surface area contributed by atoms with Gasteiger partial charge in [0.15, 0.2) is 5.78 Å². The molecule has 0 radical (unpaired) electrons. The van der Waals surface area contributed by atoms with Crippen LogP contribution in [-0.4, -0.2) is 31.1 Å². The van der Waals surface area contributed by atoms with Crippen LogP contribution in [0, 0.1) is 5.41 Å². The molecule has 2 rings (SSSR count). The van der Waals surface area contributed by atoms with Crippen molar-refractivity contribution in [3.05, 3.63) is 53.1 Å². The minimum absolute atomic E-state index is 0.000821. The van der Waals surface area contributed by atoms with Gasteiger partial charge in [-0.2, -0.15) is 0 Å². The van der Waals surface area contributed by atoms with Crippen LogP contribution in [0.15, 0.2) is 41.3 Å². The molecular weight excluding hydrogens is 384 g/mol. The van der Waals surface area contributed by atoms with Crippen LogP contribution in [0.1, 0.15) is 54.6 Å². The van der Waals surface area contributed by atoms with Crippen LogP contribution in [-0.2, 0) is 6.42 Å². The fraction of sp³-hybridized carbons (Fsp3) is 0.391. The zero-order valence-corrected chi connectivity index (χ0v) is 18.2. The summed E-state index contributed by atoms with van der Waals surface area (Å²) in [6.07, 6.45) is 3.74. The highest BCUT2D eigenvalue weighted by molar-refractivity contribution is 7.99. The normalized spacial score (nSPS) is 10.6. The lowest BCUT2D eigenvalue weighted by molar-refractivity contribution is 0.101. The minimum atomic E-state index is -0.000821. The lowest BCUT2D eigenvalue weighted by Crippen LogP contribution is -2.10. The largest absolute Gasteiger partial charge is 0.496 e. The summed E-state index contributed by atoms with van der Waals surface area (Å²) in [6.45, 7) is 4.28. The highest BCUT2D eigenvalue weighted by atomic mass is 32.2. The Morgan fingerprint density at radius 2 is 1.86 bits per heavy atom. The molecular formula is C23H30N2O3S. The predicted octanol–water partition coefficient (Wildman–Crippen LogP) is 5.09. The van der Waals surface area contributed by atoms with Crippen LogP contribution in [0.25, 0.3) is 0 Å². The summed E-state index contributed by atoms with van der Waals surface area (Å²) >= 11 is 1.79. The molecule has 0 fully saturated rings. The number of carbonyl (C=O) groups is 1. The number of ether oxygens (including phenoxy) is 2. The minimum Gasteiger partial charge on any atom is -0.496 e. The molecule has 0 saturated carbocycles. The number of Topliss-reactive ketones (excluding diaryl/α,β-unsaturated/α-hetero) is 1. The van der Waals surface area contributed by atoms with Gasteiger partial charge in [-0.1, -0.05) is 25.5 Å². The Balaban J connectivity index is 1.85. The third kappa shape index (κ3) is 6.53. The summed E-state index contributed by atoms with van der Waals surface area (Å²) in [5, 5.41) is 7.42. The maximum atomic E-state index is 11.9. The van der Waals surface area contributed by atoms with Crippen molar-refractivity contribution in [1.82, 2.24) is 0 Å². The molecule has 0 amide bonds. The first-order chi connectivity index (χ1) is 14.0. The third-order valence-electron chi connectivity index (χ3n) is 4.53. The Hall–Kier alpha value is -2.47. The van der Waals surface area contributed by atoms with Gasteiger partial charge in [0.2, 0.25) is 0 Å². The van der Waals surface area contributed by atoms with Crippen LogP contribution >= 0.6 is 11.8 Å². The molecule has 0 saturated heterocycles. The molecule has 29 heavy (non-hydrogen) atoms. The monoisotopic (exact) mass is 414 g/mol. The van der Waals surface area contributed by atoms with Crippen molar-refractivity contribution in [3.63, 3.8) is 0 Å². The van der Waals surface area contributed by atoms with Gasteiger partial charge < -0.3 is 15.2 Å². The number of methoxy groups -OCH3 is 1. The number of thioether (sulfide) groups is 1. The standard InChI is InChI=1S/C23H30N2O3S/c1-4-7-20-21(13-12-19(16(2)26)22(20)27-3)28-14-5-6-15-29-18-10-8-17(9-11-18)23(24)25/h8-13H,4-7,14-15H2,1-3H3,(H3,24,25). The van der Waals surface area contributed by atoms with Crippen molar-refractivity contribution >= 4 is 23.4 Å². The molecule has 0 unspecified atom stereocenters. The van der Waals surface area contributed by atoms with Crippen LogP contribution in [0.3, 0.4) is 0 Å². The molecule has 2 aromatic carbocycles. The van der Waals surface area contributed by atoms with Gasteiger partial charge in [0.05, 0.1) is 19.3 Å². The second-order valence-electron chi connectivity index (χ2n) is 6.77. The first kappa shape index (κ1) is 22.8. The van der Waals surface area contributed by atoms with E-state index in [9.17, 15) is 4.79 Å². The zero-order chi connectivity index (χ0) is 21.2. The van der Waals surface area contributed by atoms with Gasteiger partial charge in [-0.05, 0) is 56.2 Å². The molecule has 0 spiro atoms. The summed E-state index contributed by atoms with van der Waals surface area (Å²) in [4.78, 5) is 13.0. The van der Waals surface area contributed by atoms with Gasteiger partial charge in [-0.15, -0.1) is 11.8 Å². The highest BCUT2D eigenvalue weighted by Crippen LogP contribution is 2.34. The van der Waals surface area contributed by atoms with Crippen molar-refractivity contribution in [3.8, 4) is 11.5 Å². The summed E-state index contributed by atoms with van der Waals surface area (Å²) in [5.74, 6) is 2.53. The molecule has 0 aromatic heterocycles. The molecule has 0 aliphatic rings. The van der Waals surface area contributed by atoms with E-state index in [1.54, 1.807) is 31.9 Å². The van der Waals surface area contributed by atoms with Gasteiger partial charge in [0.1, 0.15) is 17.3 Å². The molecule has 0 heterocycles. The maximum Gasteiger partial charge on any atom is 0.163 e. The van der Waals surface area contributed by atoms with Gasteiger partial charge in [-0.25, -0.2) is 0 Å². The Morgan fingerprint density at radius 1 is 1.14 bits per heavy atom. The lowest BCUT2D eigenvalue weighted by Gasteiger charge is -2.17. The van der Waals surface area contributed by atoms with E-state index in [-0.39, 0.29) is 11.6 Å². The molecule has 3 N–H and O–H groups in total. The zero-order valence-electron chi connectivity index (χ0n) is 17.4. The van der Waals surface area contributed by atoms with Crippen LogP contribution in [0.5, 0.6) is 11.5 Å². The Labute approximate surface area is 177 Å². The van der Waals surface area contributed by atoms with Crippen molar-refractivity contribution in [2.75, 3.05) is 19.5 Å². The van der Waals surface area contributed by atoms with E-state index in [1.165, 1.54) is 4.90 Å². The number of amidine groups is 1. The fourth-order valence-corrected chi connectivity index (χ4v) is 3.96. The average Bonchev–Trinajstić information content (AvgIpc) is 2.71. The number of hydrogen-bond acceptors (Lipinski definition) is 5. The second-order valence-corrected chi connectivity index (χ2v) is 7.94. The van der Waals surface area contributed by atoms with Crippen molar-refractivity contribution in [2.24, 2.45) is 5.73 Å². The van der Waals surface area contributed by atoms with Crippen LogP contribution in [0.4, 0.5) is 0 Å². The number of carbonyl (C=O) groups excluding carboxylic acids is 1. The Bertz CT molecular complexity index is 835. The summed E-state index contributed by atoms with van der Waals surface area (Å²) < 4.78 is 11.5. The van der Waals surface area contributed by atoms with Gasteiger partial charge >= 0.3 is 0 Å². The first-order valence-electron chi connectivity index (χ1n) is 9.88. The molecule has 156 valence electrons. The Kier molecular flexibility index (Phi) is 9.06. The number of benzene rings is 2. The highest BCUT2D eigenvalue weighted by Gasteiger charge is 2.17. The van der Waals surface area contributed by atoms with Crippen molar-refractivity contribution in [1.29, 1.82) is 5.41 Å². The summed E-state index contributed by atoms with van der Waals surface area (Å²) in [6, 6.07) is 11.4. The number of unbranched alkanes of at least 4 members (excludes halogenated alkanes) is 1. The number of ketones is 1. The van der Waals surface area contributed by atoms with E-state index in [2.05, 4.69) is 6.92 Å². The molecule has 5 nitrogen and oxygen atoms in total. The van der Waals surface area contributed by atoms with Crippen LogP contribution < -0.4 is 15.2 Å². The van der Waals surface area contributed by atoms with Crippen molar-refractivity contribution < 1.29 is 14.3 Å². The van der Waals surface area contributed by atoms with Gasteiger partial charge in [-0.3, -0.25) is 10.2 Å². The van der Waals surface area contributed by atoms with E-state index in [4.69, 9.17) is 20.6 Å². The predicted molar refractivity (Wildman–Crippen MR) is 120 cm³/mol. The summed E-state index contributed by atoms with van der Waals surface area (Å²) in [7, 11) is 1.60. The molecule has 0 bridgehead atoms. The van der Waals surface area contributed by atoms with Crippen LogP contribution in [0.2, 0.25) is 0 Å². The van der Waals surface area contributed by atoms with E-state index < -0.39 is 0 Å². The molecule has 0 atom stereocenters. The van der Waals surface area contributed by atoms with Crippen molar-refractivity contribution in [2.45, 2.75) is 44.4 Å². The SMILES string of the molecule is CCCc1c(OCCCCSc2ccc(C(=N)N)cc2)ccc(C(C)=O)c1OC. The summed E-state index contributed by atoms with van der Waals surface area (Å²) in [5.41, 5.74) is 7.80. The fourth-order valence-electron chi connectivity index (χ4n) is 3.05. The third-order valence-corrected chi connectivity index (χ3v) is 5.63.